The molecule has 2 rings (SSSR count). The lowest BCUT2D eigenvalue weighted by molar-refractivity contribution is -0.113. The zero-order valence-corrected chi connectivity index (χ0v) is 4.98. The van der Waals surface area contributed by atoms with Crippen molar-refractivity contribution >= 4 is 24.3 Å². The van der Waals surface area contributed by atoms with Crippen molar-refractivity contribution in [1.82, 2.24) is 5.32 Å². The maximum atomic E-state index is 10.9. The molecule has 1 atom stereocenters. The fourth-order valence-electron chi connectivity index (χ4n) is 0.821. The SMILES string of the molecule is O=C1NC=NC2N=CN=C12. The molecule has 2 aliphatic rings. The van der Waals surface area contributed by atoms with Crippen molar-refractivity contribution in [2.24, 2.45) is 15.0 Å². The van der Waals surface area contributed by atoms with Crippen LogP contribution in [0.2, 0.25) is 0 Å². The van der Waals surface area contributed by atoms with E-state index in [0.29, 0.717) is 5.71 Å². The van der Waals surface area contributed by atoms with Gasteiger partial charge in [0.15, 0.2) is 11.9 Å². The lowest BCUT2D eigenvalue weighted by Gasteiger charge is -2.08. The summed E-state index contributed by atoms with van der Waals surface area (Å²) >= 11 is 0. The number of carbonyl (C=O) groups excluding carboxylic acids is 1. The number of carbonyl (C=O) groups is 1. The van der Waals surface area contributed by atoms with Gasteiger partial charge in [0.2, 0.25) is 0 Å². The van der Waals surface area contributed by atoms with Crippen LogP contribution in [0.15, 0.2) is 15.0 Å². The van der Waals surface area contributed by atoms with Crippen LogP contribution in [0, 0.1) is 0 Å². The highest BCUT2D eigenvalue weighted by molar-refractivity contribution is 6.45. The lowest BCUT2D eigenvalue weighted by Crippen LogP contribution is -2.39. The Labute approximate surface area is 56.6 Å². The summed E-state index contributed by atoms with van der Waals surface area (Å²) in [5, 5.41) is 2.41. The highest BCUT2D eigenvalue weighted by Gasteiger charge is 2.26. The van der Waals surface area contributed by atoms with E-state index in [9.17, 15) is 4.79 Å². The molecule has 1 unspecified atom stereocenters. The molecular formula is C5H4N4O. The summed E-state index contributed by atoms with van der Waals surface area (Å²) in [6.07, 6.45) is 2.31. The molecule has 10 heavy (non-hydrogen) atoms. The van der Waals surface area contributed by atoms with Gasteiger partial charge in [-0.05, 0) is 0 Å². The number of nitrogens with zero attached hydrogens (tertiary/aromatic N) is 3. The van der Waals surface area contributed by atoms with Gasteiger partial charge in [0, 0.05) is 0 Å². The normalized spacial score (nSPS) is 27.8. The first-order valence-electron chi connectivity index (χ1n) is 2.80. The van der Waals surface area contributed by atoms with E-state index in [1.54, 1.807) is 0 Å². The molecule has 5 nitrogen and oxygen atoms in total. The molecule has 0 saturated carbocycles. The second-order valence-electron chi connectivity index (χ2n) is 1.90. The Morgan fingerprint density at radius 3 is 3.20 bits per heavy atom. The van der Waals surface area contributed by atoms with E-state index in [-0.39, 0.29) is 12.1 Å². The predicted octanol–water partition coefficient (Wildman–Crippen LogP) is -1.05. The topological polar surface area (TPSA) is 66.2 Å². The van der Waals surface area contributed by atoms with Crippen molar-refractivity contribution < 1.29 is 4.79 Å². The maximum absolute atomic E-state index is 10.9. The Hall–Kier alpha value is -1.52. The van der Waals surface area contributed by atoms with Crippen LogP contribution in [-0.2, 0) is 4.79 Å². The Balaban J connectivity index is 2.41. The summed E-state index contributed by atoms with van der Waals surface area (Å²) in [5.74, 6) is -0.211. The molecular weight excluding hydrogens is 132 g/mol. The van der Waals surface area contributed by atoms with E-state index < -0.39 is 0 Å². The third-order valence-corrected chi connectivity index (χ3v) is 1.29. The van der Waals surface area contributed by atoms with Gasteiger partial charge < -0.3 is 5.32 Å². The number of hydrogen-bond donors (Lipinski definition) is 1. The average Bonchev–Trinajstić information content (AvgIpc) is 2.36. The van der Waals surface area contributed by atoms with E-state index in [0.717, 1.165) is 0 Å². The molecule has 0 aromatic rings. The molecule has 0 saturated heterocycles. The first-order chi connectivity index (χ1) is 4.88. The van der Waals surface area contributed by atoms with Crippen molar-refractivity contribution in [1.29, 1.82) is 0 Å². The van der Waals surface area contributed by atoms with Gasteiger partial charge in [0.25, 0.3) is 5.91 Å². The van der Waals surface area contributed by atoms with Gasteiger partial charge >= 0.3 is 0 Å². The smallest absolute Gasteiger partial charge is 0.275 e. The van der Waals surface area contributed by atoms with E-state index in [1.807, 2.05) is 0 Å². The zero-order valence-electron chi connectivity index (χ0n) is 4.98. The quantitative estimate of drug-likeness (QED) is 0.453. The van der Waals surface area contributed by atoms with Crippen molar-refractivity contribution in [2.75, 3.05) is 0 Å². The number of amides is 1. The molecule has 50 valence electrons. The van der Waals surface area contributed by atoms with Crippen LogP contribution >= 0.6 is 0 Å². The number of rotatable bonds is 0. The third kappa shape index (κ3) is 0.570. The molecule has 1 amide bonds. The van der Waals surface area contributed by atoms with Crippen LogP contribution in [0.25, 0.3) is 0 Å². The van der Waals surface area contributed by atoms with Crippen LogP contribution in [-0.4, -0.2) is 30.5 Å². The molecule has 0 fully saturated rings. The van der Waals surface area contributed by atoms with Crippen molar-refractivity contribution in [2.45, 2.75) is 6.17 Å². The average molecular weight is 136 g/mol. The summed E-state index contributed by atoms with van der Waals surface area (Å²) in [5.41, 5.74) is 0.377. The van der Waals surface area contributed by atoms with E-state index in [4.69, 9.17) is 0 Å². The second-order valence-corrected chi connectivity index (χ2v) is 1.90. The summed E-state index contributed by atoms with van der Waals surface area (Å²) in [4.78, 5) is 22.3. The molecule has 2 heterocycles. The van der Waals surface area contributed by atoms with Gasteiger partial charge in [-0.2, -0.15) is 0 Å². The fourth-order valence-corrected chi connectivity index (χ4v) is 0.821. The van der Waals surface area contributed by atoms with Crippen molar-refractivity contribution in [3.05, 3.63) is 0 Å². The van der Waals surface area contributed by atoms with Crippen LogP contribution in [0.1, 0.15) is 0 Å². The van der Waals surface area contributed by atoms with E-state index in [1.165, 1.54) is 12.7 Å². The molecule has 5 heteroatoms. The highest BCUT2D eigenvalue weighted by Crippen LogP contribution is 2.04. The van der Waals surface area contributed by atoms with Crippen LogP contribution < -0.4 is 5.32 Å². The Morgan fingerprint density at radius 2 is 2.40 bits per heavy atom. The number of fused-ring (bicyclic) bond motifs is 1. The fraction of sp³-hybridized carbons (Fsp3) is 0.200. The van der Waals surface area contributed by atoms with Crippen LogP contribution in [0.4, 0.5) is 0 Å². The molecule has 0 bridgehead atoms. The Bertz CT molecular complexity index is 265. The van der Waals surface area contributed by atoms with Gasteiger partial charge in [-0.1, -0.05) is 0 Å². The van der Waals surface area contributed by atoms with Crippen LogP contribution in [0.5, 0.6) is 0 Å². The summed E-state index contributed by atoms with van der Waals surface area (Å²) in [6, 6.07) is 0. The largest absolute Gasteiger partial charge is 0.312 e. The zero-order chi connectivity index (χ0) is 6.97. The molecule has 0 aliphatic carbocycles. The van der Waals surface area contributed by atoms with Gasteiger partial charge in [-0.15, -0.1) is 0 Å². The summed E-state index contributed by atoms with van der Waals surface area (Å²) in [7, 11) is 0. The molecule has 2 aliphatic heterocycles. The third-order valence-electron chi connectivity index (χ3n) is 1.29. The minimum atomic E-state index is -0.381. The number of aliphatic imine (C=N–C) groups is 3. The molecule has 0 aromatic heterocycles. The second kappa shape index (κ2) is 1.73. The number of hydrogen-bond acceptors (Lipinski definition) is 4. The highest BCUT2D eigenvalue weighted by atomic mass is 16.2. The first-order valence-corrected chi connectivity index (χ1v) is 2.80. The molecule has 1 N–H and O–H groups in total. The monoisotopic (exact) mass is 136 g/mol. The standard InChI is InChI=1S/C5H4N4O/c10-5-3-4(7-1-6-3)8-2-9-5/h1-2,4H,(H,8,9,10). The van der Waals surface area contributed by atoms with Gasteiger partial charge in [0.05, 0.1) is 6.34 Å². The molecule has 0 spiro atoms. The first kappa shape index (κ1) is 5.28. The molecule has 0 aromatic carbocycles. The lowest BCUT2D eigenvalue weighted by atomic mass is 10.3. The van der Waals surface area contributed by atoms with Gasteiger partial charge in [0.1, 0.15) is 6.34 Å². The maximum Gasteiger partial charge on any atom is 0.275 e. The summed E-state index contributed by atoms with van der Waals surface area (Å²) < 4.78 is 0. The Morgan fingerprint density at radius 1 is 1.50 bits per heavy atom. The van der Waals surface area contributed by atoms with Crippen molar-refractivity contribution in [3.63, 3.8) is 0 Å². The predicted molar refractivity (Wildman–Crippen MR) is 36.3 cm³/mol. The van der Waals surface area contributed by atoms with Crippen molar-refractivity contribution in [3.8, 4) is 0 Å². The van der Waals surface area contributed by atoms with Crippen LogP contribution in [0.3, 0.4) is 0 Å². The summed E-state index contributed by atoms with van der Waals surface area (Å²) in [6.45, 7) is 0. The van der Waals surface area contributed by atoms with E-state index >= 15 is 0 Å². The minimum Gasteiger partial charge on any atom is -0.312 e. The Kier molecular flexibility index (Phi) is 0.913. The van der Waals surface area contributed by atoms with E-state index in [2.05, 4.69) is 20.3 Å². The minimum absolute atomic E-state index is 0.211. The molecule has 0 radical (unpaired) electrons. The number of nitrogens with one attached hydrogen (secondary N) is 1. The van der Waals surface area contributed by atoms with Gasteiger partial charge in [-0.3, -0.25) is 4.79 Å². The van der Waals surface area contributed by atoms with Gasteiger partial charge in [-0.25, -0.2) is 15.0 Å².